The van der Waals surface area contributed by atoms with E-state index in [0.29, 0.717) is 34.6 Å². The summed E-state index contributed by atoms with van der Waals surface area (Å²) < 4.78 is 0. The number of carbonyl (C=O) groups is 1. The minimum absolute atomic E-state index is 0.108. The number of hydrogen-bond acceptors (Lipinski definition) is 3. The first-order chi connectivity index (χ1) is 10.3. The Bertz CT molecular complexity index is 549. The van der Waals surface area contributed by atoms with Crippen LogP contribution in [0.4, 0.5) is 0 Å². The van der Waals surface area contributed by atoms with Crippen LogP contribution in [0.25, 0.3) is 0 Å². The van der Waals surface area contributed by atoms with Crippen LogP contribution < -0.4 is 10.6 Å². The van der Waals surface area contributed by atoms with Gasteiger partial charge in [-0.2, -0.15) is 0 Å². The summed E-state index contributed by atoms with van der Waals surface area (Å²) >= 11 is 11.9. The minimum atomic E-state index is -0.684. The van der Waals surface area contributed by atoms with Crippen molar-refractivity contribution in [3.8, 4) is 0 Å². The second-order valence-corrected chi connectivity index (χ2v) is 7.35. The van der Waals surface area contributed by atoms with Crippen LogP contribution in [0, 0.1) is 11.3 Å². The Kier molecular flexibility index (Phi) is 5.72. The van der Waals surface area contributed by atoms with Gasteiger partial charge >= 0.3 is 0 Å². The van der Waals surface area contributed by atoms with Gasteiger partial charge in [0, 0.05) is 34.1 Å². The molecule has 1 aliphatic rings. The fourth-order valence-corrected chi connectivity index (χ4v) is 3.35. The van der Waals surface area contributed by atoms with Crippen molar-refractivity contribution in [2.24, 2.45) is 11.3 Å². The Balaban J connectivity index is 1.82. The zero-order chi connectivity index (χ0) is 16.3. The van der Waals surface area contributed by atoms with Gasteiger partial charge in [-0.25, -0.2) is 0 Å². The van der Waals surface area contributed by atoms with Gasteiger partial charge in [-0.1, -0.05) is 43.1 Å². The summed E-state index contributed by atoms with van der Waals surface area (Å²) in [6.07, 6.45) is 0.153. The lowest BCUT2D eigenvalue weighted by molar-refractivity contribution is -0.132. The standard InChI is InChI=1S/C16H22Cl2N2O2/c1-16(2)6-10(8-20-15(16)22)7-19-9-14(21)12-4-3-11(17)5-13(12)18/h3-5,10,14,19,21H,6-9H2,1-2H3,(H,20,22). The van der Waals surface area contributed by atoms with Gasteiger partial charge in [0.05, 0.1) is 6.10 Å². The molecule has 1 amide bonds. The van der Waals surface area contributed by atoms with Gasteiger partial charge in [0.25, 0.3) is 0 Å². The number of nitrogens with one attached hydrogen (secondary N) is 2. The third-order valence-electron chi connectivity index (χ3n) is 4.06. The van der Waals surface area contributed by atoms with Crippen molar-refractivity contribution >= 4 is 29.1 Å². The average Bonchev–Trinajstić information content (AvgIpc) is 2.42. The molecule has 1 heterocycles. The van der Waals surface area contributed by atoms with Crippen molar-refractivity contribution in [1.29, 1.82) is 0 Å². The van der Waals surface area contributed by atoms with Crippen molar-refractivity contribution in [2.45, 2.75) is 26.4 Å². The number of amides is 1. The van der Waals surface area contributed by atoms with Crippen LogP contribution in [0.1, 0.15) is 31.9 Å². The van der Waals surface area contributed by atoms with Gasteiger partial charge < -0.3 is 15.7 Å². The summed E-state index contributed by atoms with van der Waals surface area (Å²) in [5.74, 6) is 0.470. The molecule has 0 radical (unpaired) electrons. The number of piperidine rings is 1. The molecule has 0 aliphatic carbocycles. The Labute approximate surface area is 141 Å². The highest BCUT2D eigenvalue weighted by Gasteiger charge is 2.35. The topological polar surface area (TPSA) is 61.4 Å². The Morgan fingerprint density at radius 3 is 2.82 bits per heavy atom. The smallest absolute Gasteiger partial charge is 0.225 e. The Hall–Kier alpha value is -0.810. The molecule has 0 spiro atoms. The van der Waals surface area contributed by atoms with Gasteiger partial charge in [-0.05, 0) is 31.0 Å². The Morgan fingerprint density at radius 1 is 1.45 bits per heavy atom. The van der Waals surface area contributed by atoms with Crippen LogP contribution >= 0.6 is 23.2 Å². The molecule has 0 bridgehead atoms. The van der Waals surface area contributed by atoms with Crippen LogP contribution in [0.15, 0.2) is 18.2 Å². The molecule has 2 unspecified atom stereocenters. The maximum atomic E-state index is 11.7. The third kappa shape index (κ3) is 4.35. The fraction of sp³-hybridized carbons (Fsp3) is 0.562. The lowest BCUT2D eigenvalue weighted by Gasteiger charge is -2.34. The van der Waals surface area contributed by atoms with Crippen LogP contribution in [-0.2, 0) is 4.79 Å². The van der Waals surface area contributed by atoms with E-state index in [2.05, 4.69) is 10.6 Å². The molecule has 122 valence electrons. The van der Waals surface area contributed by atoms with Crippen LogP contribution in [0.3, 0.4) is 0 Å². The fourth-order valence-electron chi connectivity index (χ4n) is 2.81. The molecule has 2 atom stereocenters. The molecule has 1 saturated heterocycles. The summed E-state index contributed by atoms with van der Waals surface area (Å²) in [5, 5.41) is 17.4. The molecule has 2 rings (SSSR count). The largest absolute Gasteiger partial charge is 0.387 e. The second kappa shape index (κ2) is 7.18. The first-order valence-electron chi connectivity index (χ1n) is 7.41. The number of aliphatic hydroxyl groups excluding tert-OH is 1. The zero-order valence-corrected chi connectivity index (χ0v) is 14.3. The second-order valence-electron chi connectivity index (χ2n) is 6.50. The molecular weight excluding hydrogens is 323 g/mol. The molecule has 1 aromatic rings. The van der Waals surface area contributed by atoms with Crippen molar-refractivity contribution in [1.82, 2.24) is 10.6 Å². The molecule has 6 heteroatoms. The minimum Gasteiger partial charge on any atom is -0.387 e. The summed E-state index contributed by atoms with van der Waals surface area (Å²) in [7, 11) is 0. The van der Waals surface area contributed by atoms with Gasteiger partial charge in [0.2, 0.25) is 5.91 Å². The number of aliphatic hydroxyl groups is 1. The highest BCUT2D eigenvalue weighted by Crippen LogP contribution is 2.29. The van der Waals surface area contributed by atoms with E-state index in [-0.39, 0.29) is 11.3 Å². The molecule has 4 nitrogen and oxygen atoms in total. The van der Waals surface area contributed by atoms with Crippen molar-refractivity contribution in [3.63, 3.8) is 0 Å². The zero-order valence-electron chi connectivity index (χ0n) is 12.8. The number of carbonyl (C=O) groups excluding carboxylic acids is 1. The monoisotopic (exact) mass is 344 g/mol. The van der Waals surface area contributed by atoms with E-state index in [1.54, 1.807) is 18.2 Å². The summed E-state index contributed by atoms with van der Waals surface area (Å²) in [6.45, 7) is 5.74. The predicted octanol–water partition coefficient (Wildman–Crippen LogP) is 2.78. The number of rotatable bonds is 5. The lowest BCUT2D eigenvalue weighted by Crippen LogP contribution is -2.49. The number of hydrogen-bond donors (Lipinski definition) is 3. The highest BCUT2D eigenvalue weighted by molar-refractivity contribution is 6.35. The first-order valence-corrected chi connectivity index (χ1v) is 8.17. The van der Waals surface area contributed by atoms with E-state index in [1.807, 2.05) is 13.8 Å². The van der Waals surface area contributed by atoms with Gasteiger partial charge in [0.15, 0.2) is 0 Å². The van der Waals surface area contributed by atoms with Crippen molar-refractivity contribution in [2.75, 3.05) is 19.6 Å². The summed E-state index contributed by atoms with van der Waals surface area (Å²) in [5.41, 5.74) is 0.332. The Morgan fingerprint density at radius 2 is 2.18 bits per heavy atom. The summed E-state index contributed by atoms with van der Waals surface area (Å²) in [6, 6.07) is 5.08. The lowest BCUT2D eigenvalue weighted by atomic mass is 9.79. The van der Waals surface area contributed by atoms with Crippen molar-refractivity contribution < 1.29 is 9.90 Å². The maximum Gasteiger partial charge on any atom is 0.225 e. The first kappa shape index (κ1) is 17.5. The SMILES string of the molecule is CC1(C)CC(CNCC(O)c2ccc(Cl)cc2Cl)CNC1=O. The highest BCUT2D eigenvalue weighted by atomic mass is 35.5. The normalized spacial score (nSPS) is 22.2. The third-order valence-corrected chi connectivity index (χ3v) is 4.62. The molecule has 22 heavy (non-hydrogen) atoms. The van der Waals surface area contributed by atoms with Crippen LogP contribution in [0.2, 0.25) is 10.0 Å². The number of halogens is 2. The predicted molar refractivity (Wildman–Crippen MR) is 89.2 cm³/mol. The molecule has 3 N–H and O–H groups in total. The molecule has 0 saturated carbocycles. The van der Waals surface area contributed by atoms with Gasteiger partial charge in [-0.3, -0.25) is 4.79 Å². The van der Waals surface area contributed by atoms with E-state index in [0.717, 1.165) is 13.0 Å². The molecule has 0 aromatic heterocycles. The maximum absolute atomic E-state index is 11.7. The van der Waals surface area contributed by atoms with Crippen LogP contribution in [-0.4, -0.2) is 30.6 Å². The molecule has 1 aromatic carbocycles. The quantitative estimate of drug-likeness (QED) is 0.769. The van der Waals surface area contributed by atoms with Crippen molar-refractivity contribution in [3.05, 3.63) is 33.8 Å². The van der Waals surface area contributed by atoms with E-state index >= 15 is 0 Å². The van der Waals surface area contributed by atoms with Gasteiger partial charge in [-0.15, -0.1) is 0 Å². The molecule has 1 fully saturated rings. The van der Waals surface area contributed by atoms with Crippen LogP contribution in [0.5, 0.6) is 0 Å². The number of benzene rings is 1. The molecular formula is C16H22Cl2N2O2. The van der Waals surface area contributed by atoms with Gasteiger partial charge in [0.1, 0.15) is 0 Å². The van der Waals surface area contributed by atoms with E-state index in [4.69, 9.17) is 23.2 Å². The van der Waals surface area contributed by atoms with E-state index in [9.17, 15) is 9.90 Å². The molecule has 1 aliphatic heterocycles. The van der Waals surface area contributed by atoms with E-state index < -0.39 is 6.10 Å². The van der Waals surface area contributed by atoms with E-state index in [1.165, 1.54) is 0 Å². The average molecular weight is 345 g/mol. The summed E-state index contributed by atoms with van der Waals surface area (Å²) in [4.78, 5) is 11.7.